The van der Waals surface area contributed by atoms with Crippen molar-refractivity contribution in [2.24, 2.45) is 0 Å². The number of urea groups is 1. The van der Waals surface area contributed by atoms with Gasteiger partial charge in [0.1, 0.15) is 10.6 Å². The zero-order valence-corrected chi connectivity index (χ0v) is 12.6. The van der Waals surface area contributed by atoms with Gasteiger partial charge in [0.15, 0.2) is 0 Å². The van der Waals surface area contributed by atoms with E-state index in [0.717, 1.165) is 9.88 Å². The molecule has 110 valence electrons. The molecule has 0 aliphatic rings. The topological polar surface area (TPSA) is 91.3 Å². The van der Waals surface area contributed by atoms with Gasteiger partial charge in [0.2, 0.25) is 0 Å². The van der Waals surface area contributed by atoms with Crippen LogP contribution in [0.25, 0.3) is 0 Å². The molecule has 3 N–H and O–H groups in total. The Labute approximate surface area is 129 Å². The lowest BCUT2D eigenvalue weighted by molar-refractivity contribution is 0.0698. The molecule has 0 bridgehead atoms. The van der Waals surface area contributed by atoms with E-state index in [-0.39, 0.29) is 22.8 Å². The maximum absolute atomic E-state index is 11.8. The van der Waals surface area contributed by atoms with Crippen molar-refractivity contribution in [3.8, 4) is 0 Å². The number of nitrogens with zero attached hydrogens (tertiary/aromatic N) is 1. The quantitative estimate of drug-likeness (QED) is 0.805. The van der Waals surface area contributed by atoms with Crippen molar-refractivity contribution in [1.29, 1.82) is 0 Å². The highest BCUT2D eigenvalue weighted by molar-refractivity contribution is 7.11. The average Bonchev–Trinajstić information content (AvgIpc) is 2.82. The molecule has 0 spiro atoms. The van der Waals surface area contributed by atoms with Gasteiger partial charge >= 0.3 is 12.0 Å². The Morgan fingerprint density at radius 1 is 1.43 bits per heavy atom. The van der Waals surface area contributed by atoms with Gasteiger partial charge in [-0.05, 0) is 19.1 Å². The van der Waals surface area contributed by atoms with Crippen LogP contribution in [0.3, 0.4) is 0 Å². The molecule has 1 heterocycles. The van der Waals surface area contributed by atoms with Gasteiger partial charge in [-0.2, -0.15) is 0 Å². The SMILES string of the molecule is Cc1cnc(CNC(=O)Nc2cccc(Cl)c2C(=O)O)s1. The molecular weight excluding hydrogens is 314 g/mol. The minimum atomic E-state index is -1.20. The van der Waals surface area contributed by atoms with Crippen LogP contribution in [-0.2, 0) is 6.54 Å². The first-order valence-electron chi connectivity index (χ1n) is 5.95. The maximum Gasteiger partial charge on any atom is 0.339 e. The Bertz CT molecular complexity index is 687. The van der Waals surface area contributed by atoms with Crippen LogP contribution in [0.5, 0.6) is 0 Å². The number of aromatic nitrogens is 1. The van der Waals surface area contributed by atoms with E-state index in [9.17, 15) is 9.59 Å². The Kier molecular flexibility index (Phi) is 4.77. The standard InChI is InChI=1S/C13H12ClN3O3S/c1-7-5-15-10(21-7)6-16-13(20)17-9-4-2-3-8(14)11(9)12(18)19/h2-5H,6H2,1H3,(H,18,19)(H2,16,17,20). The van der Waals surface area contributed by atoms with E-state index < -0.39 is 12.0 Å². The zero-order chi connectivity index (χ0) is 15.4. The summed E-state index contributed by atoms with van der Waals surface area (Å²) >= 11 is 7.30. The fourth-order valence-corrected chi connectivity index (χ4v) is 2.63. The average molecular weight is 326 g/mol. The minimum Gasteiger partial charge on any atom is -0.478 e. The number of hydrogen-bond donors (Lipinski definition) is 3. The van der Waals surface area contributed by atoms with Gasteiger partial charge in [-0.3, -0.25) is 0 Å². The Morgan fingerprint density at radius 3 is 2.81 bits per heavy atom. The summed E-state index contributed by atoms with van der Waals surface area (Å²) in [6.07, 6.45) is 1.72. The highest BCUT2D eigenvalue weighted by Crippen LogP contribution is 2.24. The van der Waals surface area contributed by atoms with Gasteiger partial charge in [-0.25, -0.2) is 14.6 Å². The van der Waals surface area contributed by atoms with E-state index in [1.54, 1.807) is 12.3 Å². The van der Waals surface area contributed by atoms with Crippen LogP contribution in [0.4, 0.5) is 10.5 Å². The number of carbonyl (C=O) groups excluding carboxylic acids is 1. The van der Waals surface area contributed by atoms with Crippen molar-refractivity contribution >= 4 is 40.6 Å². The van der Waals surface area contributed by atoms with E-state index in [1.165, 1.54) is 23.5 Å². The summed E-state index contributed by atoms with van der Waals surface area (Å²) in [6.45, 7) is 2.19. The molecule has 0 aliphatic heterocycles. The van der Waals surface area contributed by atoms with Crippen molar-refractivity contribution in [3.63, 3.8) is 0 Å². The van der Waals surface area contributed by atoms with Crippen molar-refractivity contribution in [3.05, 3.63) is 44.9 Å². The fourth-order valence-electron chi connectivity index (χ4n) is 1.65. The highest BCUT2D eigenvalue weighted by atomic mass is 35.5. The van der Waals surface area contributed by atoms with Crippen LogP contribution < -0.4 is 10.6 Å². The number of carbonyl (C=O) groups is 2. The van der Waals surface area contributed by atoms with Crippen LogP contribution in [-0.4, -0.2) is 22.1 Å². The first-order valence-corrected chi connectivity index (χ1v) is 7.15. The smallest absolute Gasteiger partial charge is 0.339 e. The number of anilines is 1. The third-order valence-electron chi connectivity index (χ3n) is 2.54. The Balaban J connectivity index is 2.03. The molecule has 1 aromatic heterocycles. The van der Waals surface area contributed by atoms with Gasteiger partial charge in [0.05, 0.1) is 17.3 Å². The lowest BCUT2D eigenvalue weighted by Crippen LogP contribution is -2.28. The van der Waals surface area contributed by atoms with Crippen molar-refractivity contribution < 1.29 is 14.7 Å². The number of thiazole rings is 1. The van der Waals surface area contributed by atoms with Crippen molar-refractivity contribution in [1.82, 2.24) is 10.3 Å². The minimum absolute atomic E-state index is 0.0656. The lowest BCUT2D eigenvalue weighted by Gasteiger charge is -2.10. The molecule has 0 aliphatic carbocycles. The Morgan fingerprint density at radius 2 is 2.19 bits per heavy atom. The highest BCUT2D eigenvalue weighted by Gasteiger charge is 2.16. The first kappa shape index (κ1) is 15.3. The van der Waals surface area contributed by atoms with E-state index in [1.807, 2.05) is 6.92 Å². The largest absolute Gasteiger partial charge is 0.478 e. The summed E-state index contributed by atoms with van der Waals surface area (Å²) in [6, 6.07) is 3.97. The summed E-state index contributed by atoms with van der Waals surface area (Å²) in [5, 5.41) is 15.0. The van der Waals surface area contributed by atoms with Crippen LogP contribution in [0.1, 0.15) is 20.2 Å². The maximum atomic E-state index is 11.8. The number of hydrogen-bond acceptors (Lipinski definition) is 4. The molecule has 2 rings (SSSR count). The third kappa shape index (κ3) is 3.93. The molecule has 8 heteroatoms. The van der Waals surface area contributed by atoms with Gasteiger partial charge in [-0.1, -0.05) is 17.7 Å². The number of amides is 2. The molecular formula is C13H12ClN3O3S. The van der Waals surface area contributed by atoms with E-state index in [0.29, 0.717) is 0 Å². The summed E-state index contributed by atoms with van der Waals surface area (Å²) < 4.78 is 0. The molecule has 6 nitrogen and oxygen atoms in total. The van der Waals surface area contributed by atoms with Crippen LogP contribution in [0.2, 0.25) is 5.02 Å². The number of aromatic carboxylic acids is 1. The second-order valence-corrected chi connectivity index (χ2v) is 5.87. The number of benzene rings is 1. The predicted octanol–water partition coefficient (Wildman–Crippen LogP) is 3.12. The van der Waals surface area contributed by atoms with Crippen LogP contribution >= 0.6 is 22.9 Å². The molecule has 0 saturated heterocycles. The van der Waals surface area contributed by atoms with Crippen LogP contribution in [0, 0.1) is 6.92 Å². The first-order chi connectivity index (χ1) is 9.97. The van der Waals surface area contributed by atoms with Gasteiger partial charge in [-0.15, -0.1) is 11.3 Å². The molecule has 1 aromatic carbocycles. The second kappa shape index (κ2) is 6.55. The lowest BCUT2D eigenvalue weighted by atomic mass is 10.2. The van der Waals surface area contributed by atoms with Crippen LogP contribution in [0.15, 0.2) is 24.4 Å². The number of nitrogens with one attached hydrogen (secondary N) is 2. The number of rotatable bonds is 4. The second-order valence-electron chi connectivity index (χ2n) is 4.14. The third-order valence-corrected chi connectivity index (χ3v) is 3.77. The molecule has 2 amide bonds. The zero-order valence-electron chi connectivity index (χ0n) is 11.0. The molecule has 0 unspecified atom stereocenters. The molecule has 2 aromatic rings. The number of halogens is 1. The van der Waals surface area contributed by atoms with E-state index in [4.69, 9.17) is 16.7 Å². The molecule has 21 heavy (non-hydrogen) atoms. The molecule has 0 fully saturated rings. The van der Waals surface area contributed by atoms with E-state index in [2.05, 4.69) is 15.6 Å². The summed E-state index contributed by atoms with van der Waals surface area (Å²) in [4.78, 5) is 28.1. The monoisotopic (exact) mass is 325 g/mol. The van der Waals surface area contributed by atoms with Gasteiger partial charge in [0, 0.05) is 11.1 Å². The molecule has 0 atom stereocenters. The molecule has 0 saturated carbocycles. The Hall–Kier alpha value is -2.12. The number of aryl methyl sites for hydroxylation is 1. The summed E-state index contributed by atoms with van der Waals surface area (Å²) in [7, 11) is 0. The fraction of sp³-hybridized carbons (Fsp3) is 0.154. The normalized spacial score (nSPS) is 10.2. The van der Waals surface area contributed by atoms with Crippen molar-refractivity contribution in [2.75, 3.05) is 5.32 Å². The predicted molar refractivity (Wildman–Crippen MR) is 81.1 cm³/mol. The van der Waals surface area contributed by atoms with Gasteiger partial charge in [0.25, 0.3) is 0 Å². The summed E-state index contributed by atoms with van der Waals surface area (Å²) in [5.41, 5.74) is 0.00206. The number of carboxylic acids is 1. The van der Waals surface area contributed by atoms with Crippen molar-refractivity contribution in [2.45, 2.75) is 13.5 Å². The number of carboxylic acid groups (broad SMARTS) is 1. The molecule has 0 radical (unpaired) electrons. The summed E-state index contributed by atoms with van der Waals surface area (Å²) in [5.74, 6) is -1.20. The van der Waals surface area contributed by atoms with Gasteiger partial charge < -0.3 is 15.7 Å². The van der Waals surface area contributed by atoms with E-state index >= 15 is 0 Å².